The maximum absolute atomic E-state index is 12.6. The average Bonchev–Trinajstić information content (AvgIpc) is 3.36. The molecule has 0 spiro atoms. The first kappa shape index (κ1) is 24.3. The molecule has 2 aromatic carbocycles. The molecule has 34 heavy (non-hydrogen) atoms. The first-order chi connectivity index (χ1) is 16.3. The van der Waals surface area contributed by atoms with Crippen LogP contribution in [0.5, 0.6) is 5.75 Å². The van der Waals surface area contributed by atoms with Crippen LogP contribution in [0.25, 0.3) is 0 Å². The minimum atomic E-state index is -0.795. The molecule has 178 valence electrons. The Labute approximate surface area is 212 Å². The van der Waals surface area contributed by atoms with Crippen molar-refractivity contribution in [2.24, 2.45) is 0 Å². The highest BCUT2D eigenvalue weighted by molar-refractivity contribution is 6.35. The molecule has 1 atom stereocenters. The number of hydrogen-bond donors (Lipinski definition) is 1. The maximum atomic E-state index is 12.6. The van der Waals surface area contributed by atoms with Crippen molar-refractivity contribution in [3.63, 3.8) is 0 Å². The van der Waals surface area contributed by atoms with Gasteiger partial charge in [0.1, 0.15) is 5.75 Å². The van der Waals surface area contributed by atoms with E-state index in [0.29, 0.717) is 58.4 Å². The average molecular weight is 523 g/mol. The number of furan rings is 1. The van der Waals surface area contributed by atoms with Gasteiger partial charge in [-0.3, -0.25) is 9.59 Å². The normalized spacial score (nSPS) is 14.6. The summed E-state index contributed by atoms with van der Waals surface area (Å²) in [6, 6.07) is 13.5. The van der Waals surface area contributed by atoms with Gasteiger partial charge in [0.05, 0.1) is 22.0 Å². The van der Waals surface area contributed by atoms with Gasteiger partial charge in [-0.2, -0.15) is 0 Å². The summed E-state index contributed by atoms with van der Waals surface area (Å²) in [4.78, 5) is 28.9. The van der Waals surface area contributed by atoms with Crippen molar-refractivity contribution in [3.8, 4) is 5.75 Å². The van der Waals surface area contributed by atoms with Crippen molar-refractivity contribution >= 4 is 58.0 Å². The van der Waals surface area contributed by atoms with Gasteiger partial charge in [-0.1, -0.05) is 34.8 Å². The number of anilines is 2. The summed E-state index contributed by atoms with van der Waals surface area (Å²) in [6.45, 7) is 3.99. The molecule has 1 saturated heterocycles. The molecule has 0 bridgehead atoms. The lowest BCUT2D eigenvalue weighted by Gasteiger charge is -2.36. The van der Waals surface area contributed by atoms with Crippen LogP contribution in [0.2, 0.25) is 15.1 Å². The van der Waals surface area contributed by atoms with Crippen LogP contribution < -0.4 is 15.0 Å². The van der Waals surface area contributed by atoms with Crippen molar-refractivity contribution in [1.82, 2.24) is 4.90 Å². The Balaban J connectivity index is 1.34. The highest BCUT2D eigenvalue weighted by atomic mass is 35.5. The minimum Gasteiger partial charge on any atom is -0.479 e. The first-order valence-corrected chi connectivity index (χ1v) is 11.7. The zero-order valence-electron chi connectivity index (χ0n) is 18.3. The Bertz CT molecular complexity index is 1180. The fourth-order valence-electron chi connectivity index (χ4n) is 3.61. The Morgan fingerprint density at radius 1 is 1.00 bits per heavy atom. The standard InChI is InChI=1S/C24H22Cl3N3O4/c1-15(34-21-7-4-16(25)13-19(21)27)23(31)28-17-5-6-20(18(26)14-17)29-8-10-30(11-9-29)24(32)22-3-2-12-33-22/h2-7,12-15H,8-11H2,1H3,(H,28,31)/t15-/m1/s1. The van der Waals surface area contributed by atoms with Gasteiger partial charge in [-0.25, -0.2) is 0 Å². The van der Waals surface area contributed by atoms with Gasteiger partial charge < -0.3 is 24.3 Å². The van der Waals surface area contributed by atoms with E-state index in [0.717, 1.165) is 5.69 Å². The molecule has 1 aliphatic heterocycles. The Morgan fingerprint density at radius 2 is 1.76 bits per heavy atom. The summed E-state index contributed by atoms with van der Waals surface area (Å²) in [5, 5.41) is 4.11. The quantitative estimate of drug-likeness (QED) is 0.456. The minimum absolute atomic E-state index is 0.120. The molecule has 1 aromatic heterocycles. The van der Waals surface area contributed by atoms with Crippen molar-refractivity contribution < 1.29 is 18.7 Å². The molecule has 4 rings (SSSR count). The lowest BCUT2D eigenvalue weighted by atomic mass is 10.2. The van der Waals surface area contributed by atoms with Gasteiger partial charge >= 0.3 is 0 Å². The number of carbonyl (C=O) groups is 2. The fraction of sp³-hybridized carbons (Fsp3) is 0.250. The van der Waals surface area contributed by atoms with Crippen molar-refractivity contribution in [2.75, 3.05) is 36.4 Å². The van der Waals surface area contributed by atoms with E-state index in [4.69, 9.17) is 44.0 Å². The molecule has 2 heterocycles. The number of nitrogens with zero attached hydrogens (tertiary/aromatic N) is 2. The van der Waals surface area contributed by atoms with Crippen molar-refractivity contribution in [2.45, 2.75) is 13.0 Å². The molecule has 7 nitrogen and oxygen atoms in total. The number of rotatable bonds is 6. The summed E-state index contributed by atoms with van der Waals surface area (Å²) in [5.41, 5.74) is 1.38. The van der Waals surface area contributed by atoms with E-state index in [1.807, 2.05) is 6.07 Å². The van der Waals surface area contributed by atoms with E-state index in [1.165, 1.54) is 6.26 Å². The van der Waals surface area contributed by atoms with Gasteiger partial charge in [0.15, 0.2) is 11.9 Å². The lowest BCUT2D eigenvalue weighted by Crippen LogP contribution is -2.48. The van der Waals surface area contributed by atoms with Crippen LogP contribution >= 0.6 is 34.8 Å². The SMILES string of the molecule is C[C@@H](Oc1ccc(Cl)cc1Cl)C(=O)Nc1ccc(N2CCN(C(=O)c3ccco3)CC2)c(Cl)c1. The van der Waals surface area contributed by atoms with Crippen LogP contribution in [-0.2, 0) is 4.79 Å². The number of halogens is 3. The first-order valence-electron chi connectivity index (χ1n) is 10.6. The van der Waals surface area contributed by atoms with E-state index >= 15 is 0 Å². The predicted octanol–water partition coefficient (Wildman–Crippen LogP) is 5.61. The number of nitrogens with one attached hydrogen (secondary N) is 1. The summed E-state index contributed by atoms with van der Waals surface area (Å²) in [6.07, 6.45) is 0.695. The maximum Gasteiger partial charge on any atom is 0.289 e. The number of benzene rings is 2. The van der Waals surface area contributed by atoms with E-state index in [-0.39, 0.29) is 11.8 Å². The molecule has 0 aliphatic carbocycles. The van der Waals surface area contributed by atoms with E-state index in [2.05, 4.69) is 10.2 Å². The fourth-order valence-corrected chi connectivity index (χ4v) is 4.36. The molecular weight excluding hydrogens is 501 g/mol. The van der Waals surface area contributed by atoms with Gasteiger partial charge in [0.25, 0.3) is 11.8 Å². The predicted molar refractivity (Wildman–Crippen MR) is 133 cm³/mol. The molecule has 3 aromatic rings. The smallest absolute Gasteiger partial charge is 0.289 e. The molecule has 1 fully saturated rings. The number of amides is 2. The second kappa shape index (κ2) is 10.6. The molecule has 0 saturated carbocycles. The van der Waals surface area contributed by atoms with Gasteiger partial charge in [-0.15, -0.1) is 0 Å². The topological polar surface area (TPSA) is 75.0 Å². The van der Waals surface area contributed by atoms with Crippen LogP contribution in [0.1, 0.15) is 17.5 Å². The van der Waals surface area contributed by atoms with Gasteiger partial charge in [0, 0.05) is 36.9 Å². The summed E-state index contributed by atoms with van der Waals surface area (Å²) >= 11 is 18.5. The van der Waals surface area contributed by atoms with Crippen LogP contribution in [0.15, 0.2) is 59.2 Å². The Morgan fingerprint density at radius 3 is 2.41 bits per heavy atom. The monoisotopic (exact) mass is 521 g/mol. The number of piperazine rings is 1. The second-order valence-corrected chi connectivity index (χ2v) is 9.00. The van der Waals surface area contributed by atoms with Crippen LogP contribution in [-0.4, -0.2) is 49.0 Å². The summed E-state index contributed by atoms with van der Waals surface area (Å²) in [7, 11) is 0. The van der Waals surface area contributed by atoms with Crippen molar-refractivity contribution in [3.05, 3.63) is 75.6 Å². The van der Waals surface area contributed by atoms with Gasteiger partial charge in [0.2, 0.25) is 0 Å². The highest BCUT2D eigenvalue weighted by Gasteiger charge is 2.25. The zero-order valence-corrected chi connectivity index (χ0v) is 20.5. The molecule has 2 amide bonds. The van der Waals surface area contributed by atoms with Crippen LogP contribution in [0.3, 0.4) is 0 Å². The molecule has 1 aliphatic rings. The highest BCUT2D eigenvalue weighted by Crippen LogP contribution is 2.31. The molecule has 0 radical (unpaired) electrons. The number of ether oxygens (including phenoxy) is 1. The van der Waals surface area contributed by atoms with E-state index < -0.39 is 6.10 Å². The van der Waals surface area contributed by atoms with E-state index in [1.54, 1.807) is 54.3 Å². The van der Waals surface area contributed by atoms with E-state index in [9.17, 15) is 9.59 Å². The third-order valence-electron chi connectivity index (χ3n) is 5.42. The zero-order chi connectivity index (χ0) is 24.2. The van der Waals surface area contributed by atoms with Crippen molar-refractivity contribution in [1.29, 1.82) is 0 Å². The van der Waals surface area contributed by atoms with Gasteiger partial charge in [-0.05, 0) is 55.5 Å². The second-order valence-electron chi connectivity index (χ2n) is 7.75. The Kier molecular flexibility index (Phi) is 7.56. The third kappa shape index (κ3) is 5.60. The summed E-state index contributed by atoms with van der Waals surface area (Å²) in [5.74, 6) is 0.236. The number of carbonyl (C=O) groups excluding carboxylic acids is 2. The molecular formula is C24H22Cl3N3O4. The molecule has 10 heteroatoms. The number of hydrogen-bond acceptors (Lipinski definition) is 5. The van der Waals surface area contributed by atoms with Crippen LogP contribution in [0.4, 0.5) is 11.4 Å². The molecule has 1 N–H and O–H groups in total. The largest absolute Gasteiger partial charge is 0.479 e. The molecule has 0 unspecified atom stereocenters. The lowest BCUT2D eigenvalue weighted by molar-refractivity contribution is -0.122. The Hall–Kier alpha value is -2.87. The van der Waals surface area contributed by atoms with Crippen LogP contribution in [0, 0.1) is 0 Å². The summed E-state index contributed by atoms with van der Waals surface area (Å²) < 4.78 is 10.9. The third-order valence-corrected chi connectivity index (χ3v) is 6.25.